The van der Waals surface area contributed by atoms with E-state index in [0.29, 0.717) is 6.42 Å². The Morgan fingerprint density at radius 1 is 1.35 bits per heavy atom. The Labute approximate surface area is 98.7 Å². The van der Waals surface area contributed by atoms with Gasteiger partial charge < -0.3 is 14.8 Å². The van der Waals surface area contributed by atoms with Gasteiger partial charge in [-0.3, -0.25) is 0 Å². The molecule has 0 saturated heterocycles. The van der Waals surface area contributed by atoms with E-state index < -0.39 is 17.6 Å². The zero-order valence-electron chi connectivity index (χ0n) is 11.5. The van der Waals surface area contributed by atoms with E-state index in [9.17, 15) is 9.59 Å². The van der Waals surface area contributed by atoms with Gasteiger partial charge in [-0.15, -0.1) is 0 Å². The van der Waals surface area contributed by atoms with Gasteiger partial charge in [-0.05, 0) is 27.2 Å². The summed E-state index contributed by atoms with van der Waals surface area (Å²) in [5.41, 5.74) is -0.520. The van der Waals surface area contributed by atoms with Gasteiger partial charge in [-0.25, -0.2) is 4.79 Å². The fourth-order valence-corrected chi connectivity index (χ4v) is 0.982. The summed E-state index contributed by atoms with van der Waals surface area (Å²) in [4.78, 5) is 21.6. The van der Waals surface area contributed by atoms with Crippen molar-refractivity contribution in [1.29, 1.82) is 0 Å². The van der Waals surface area contributed by atoms with Gasteiger partial charge in [0.25, 0.3) is 0 Å². The summed E-state index contributed by atoms with van der Waals surface area (Å²) in [5, 5.41) is 2.33. The second kappa shape index (κ2) is 10.5. The van der Waals surface area contributed by atoms with Crippen LogP contribution in [0, 0.1) is 0 Å². The van der Waals surface area contributed by atoms with E-state index in [4.69, 9.17) is 4.74 Å². The van der Waals surface area contributed by atoms with E-state index in [-0.39, 0.29) is 0 Å². The number of rotatable bonds is 5. The van der Waals surface area contributed by atoms with Crippen molar-refractivity contribution >= 4 is 12.4 Å². The first-order valence-corrected chi connectivity index (χ1v) is 5.76. The summed E-state index contributed by atoms with van der Waals surface area (Å²) < 4.78 is 5.12. The maximum Gasteiger partial charge on any atom is 0.326 e. The van der Waals surface area contributed by atoms with Crippen LogP contribution in [0.15, 0.2) is 0 Å². The normalized spacial score (nSPS) is 11.2. The van der Waals surface area contributed by atoms with Crippen LogP contribution in [-0.2, 0) is 14.3 Å². The van der Waals surface area contributed by atoms with E-state index in [1.54, 1.807) is 20.8 Å². The molecule has 0 aromatic rings. The molecule has 0 bridgehead atoms. The van der Waals surface area contributed by atoms with Gasteiger partial charge in [0.2, 0.25) is 0 Å². The Balaban J connectivity index is -0.000000616. The van der Waals surface area contributed by atoms with Crippen LogP contribution < -0.4 is 5.32 Å². The Morgan fingerprint density at radius 2 is 1.82 bits per heavy atom. The van der Waals surface area contributed by atoms with Crippen molar-refractivity contribution in [1.82, 2.24) is 5.32 Å². The molecule has 0 aliphatic heterocycles. The molecule has 0 spiro atoms. The predicted octanol–water partition coefficient (Wildman–Crippen LogP) is 2.18. The molecule has 0 radical (unpaired) electrons. The molecule has 4 nitrogen and oxygen atoms in total. The van der Waals surface area contributed by atoms with Crippen molar-refractivity contribution in [2.75, 3.05) is 0 Å². The van der Waals surface area contributed by atoms with Crippen molar-refractivity contribution in [3.8, 4) is 0 Å². The molecule has 0 rings (SSSR count). The molecule has 0 aliphatic carbocycles. The van der Waals surface area contributed by atoms with Gasteiger partial charge in [0.05, 0.1) is 6.04 Å². The van der Waals surface area contributed by atoms with Crippen LogP contribution in [0.2, 0.25) is 0 Å². The summed E-state index contributed by atoms with van der Waals surface area (Å²) in [7, 11) is 0. The molecule has 0 aromatic heterocycles. The molecule has 0 aromatic carbocycles. The number of carbonyl (C=O) groups is 1. The second-order valence-electron chi connectivity index (χ2n) is 4.12. The molecule has 1 unspecified atom stereocenters. The average Bonchev–Trinajstić information content (AvgIpc) is 2.18. The van der Waals surface area contributed by atoms with Crippen LogP contribution in [0.4, 0.5) is 0 Å². The summed E-state index contributed by atoms with van der Waals surface area (Å²) in [5.74, 6) is -0.400. The number of amides is 1. The van der Waals surface area contributed by atoms with E-state index in [1.165, 1.54) is 6.41 Å². The number of hydrogen-bond acceptors (Lipinski definition) is 3. The molecule has 1 amide bonds. The summed E-state index contributed by atoms with van der Waals surface area (Å²) in [6.07, 6.45) is 2.90. The fourth-order valence-electron chi connectivity index (χ4n) is 0.982. The Kier molecular flexibility index (Phi) is 12.5. The number of carbonyl (C=O) groups excluding carboxylic acids is 2. The van der Waals surface area contributed by atoms with Gasteiger partial charge >= 0.3 is 5.97 Å². The molecule has 0 fully saturated rings. The quantitative estimate of drug-likeness (QED) is 0.368. The van der Waals surface area contributed by atoms with Gasteiger partial charge in [-0.2, -0.15) is 6.41 Å². The molecule has 17 heavy (non-hydrogen) atoms. The molecule has 0 saturated carbocycles. The van der Waals surface area contributed by atoms with Gasteiger partial charge in [0.1, 0.15) is 5.60 Å². The van der Waals surface area contributed by atoms with Crippen molar-refractivity contribution in [2.24, 2.45) is 0 Å². The SMILES string of the molecule is CC.CCCC(N[C-]=O)C(=O)OC(C)(C)C.[Fm]. The number of nitrogens with one attached hydrogen (secondary N) is 1. The molecule has 1 atom stereocenters. The largest absolute Gasteiger partial charge is 0.520 e. The summed E-state index contributed by atoms with van der Waals surface area (Å²) in [6, 6.07) is -0.572. The maximum atomic E-state index is 11.5. The van der Waals surface area contributed by atoms with Crippen LogP contribution >= 0.6 is 0 Å². The topological polar surface area (TPSA) is 55.4 Å². The smallest absolute Gasteiger partial charge is 0.326 e. The minimum atomic E-state index is -0.572. The second-order valence-corrected chi connectivity index (χ2v) is 4.12. The van der Waals surface area contributed by atoms with Crippen LogP contribution in [0.5, 0.6) is 0 Å². The van der Waals surface area contributed by atoms with E-state index in [0.717, 1.165) is 6.42 Å². The Bertz CT molecular complexity index is 202. The van der Waals surface area contributed by atoms with Gasteiger partial charge in [0, 0.05) is 0 Å². The predicted molar refractivity (Wildman–Crippen MR) is 64.7 cm³/mol. The number of hydrogen-bond donors (Lipinski definition) is 1. The summed E-state index contributed by atoms with van der Waals surface area (Å²) in [6.45, 7) is 11.3. The molecule has 108 valence electrons. The van der Waals surface area contributed by atoms with E-state index in [2.05, 4.69) is 5.32 Å². The minimum absolute atomic E-state index is 0. The van der Waals surface area contributed by atoms with E-state index >= 15 is 0 Å². The van der Waals surface area contributed by atoms with E-state index in [1.807, 2.05) is 20.8 Å². The monoisotopic (exact) mass is 487 g/mol. The minimum Gasteiger partial charge on any atom is -0.520 e. The molecule has 5 heteroatoms. The molecule has 1 N–H and O–H groups in total. The molecular formula is C12H24FmNO3-. The van der Waals surface area contributed by atoms with Crippen LogP contribution in [0.3, 0.4) is 0 Å². The summed E-state index contributed by atoms with van der Waals surface area (Å²) >= 11 is 0. The Morgan fingerprint density at radius 3 is 2.12 bits per heavy atom. The number of ether oxygens (including phenoxy) is 1. The third kappa shape index (κ3) is 11.9. The number of esters is 1. The van der Waals surface area contributed by atoms with Crippen molar-refractivity contribution in [3.05, 3.63) is 0 Å². The zero-order valence-corrected chi connectivity index (χ0v) is 13.9. The third-order valence-electron chi connectivity index (χ3n) is 1.50. The van der Waals surface area contributed by atoms with Crippen molar-refractivity contribution in [3.63, 3.8) is 0 Å². The zero-order chi connectivity index (χ0) is 13.2. The van der Waals surface area contributed by atoms with Gasteiger partial charge in [-0.1, -0.05) is 27.2 Å². The van der Waals surface area contributed by atoms with Crippen molar-refractivity contribution in [2.45, 2.75) is 66.0 Å². The fraction of sp³-hybridized carbons (Fsp3) is 0.833. The van der Waals surface area contributed by atoms with Crippen LogP contribution in [0.1, 0.15) is 54.4 Å². The molecular weight excluding hydrogens is 463 g/mol. The first-order valence-electron chi connectivity index (χ1n) is 5.76. The van der Waals surface area contributed by atoms with Crippen molar-refractivity contribution < 1.29 is 14.3 Å². The first kappa shape index (κ1) is 20.4. The van der Waals surface area contributed by atoms with Crippen LogP contribution in [-0.4, -0.2) is 24.0 Å². The molecule has 0 heterocycles. The maximum absolute atomic E-state index is 11.5. The van der Waals surface area contributed by atoms with Crippen LogP contribution in [0.25, 0.3) is 0 Å². The molecule has 0 aliphatic rings. The Hall–Kier alpha value is -2.06. The standard InChI is InChI=1S/C10H18NO3.C2H6.Fm/c1-5-6-8(11-7-12)9(13)14-10(2,3)4;1-2;/h8H,5-6H2,1-4H3,(H,11,12);1-2H3;/q-1;;. The average molecular weight is 487 g/mol. The third-order valence-corrected chi connectivity index (χ3v) is 1.50. The van der Waals surface area contributed by atoms with Gasteiger partial charge in [0.15, 0.2) is 0 Å². The first-order chi connectivity index (χ1) is 7.40.